The number of rotatable bonds is 4. The number of amides is 1. The predicted molar refractivity (Wildman–Crippen MR) is 97.8 cm³/mol. The van der Waals surface area contributed by atoms with Gasteiger partial charge in [-0.2, -0.15) is 0 Å². The van der Waals surface area contributed by atoms with E-state index in [1.807, 2.05) is 6.20 Å². The summed E-state index contributed by atoms with van der Waals surface area (Å²) in [5.74, 6) is 0.572. The number of nitrogens with one attached hydrogen (secondary N) is 1. The molecule has 4 rings (SSSR count). The normalized spacial score (nSPS) is 19.0. The number of carbonyl (C=O) groups is 1. The van der Waals surface area contributed by atoms with Gasteiger partial charge in [-0.05, 0) is 37.1 Å². The lowest BCUT2D eigenvalue weighted by atomic mass is 10.0. The Balaban J connectivity index is 1.42. The molecule has 1 aromatic heterocycles. The largest absolute Gasteiger partial charge is 0.494 e. The molecule has 2 aliphatic heterocycles. The summed E-state index contributed by atoms with van der Waals surface area (Å²) in [5.41, 5.74) is 2.67. The van der Waals surface area contributed by atoms with Crippen LogP contribution < -0.4 is 10.1 Å². The van der Waals surface area contributed by atoms with Gasteiger partial charge in [-0.15, -0.1) is 0 Å². The van der Waals surface area contributed by atoms with E-state index in [1.165, 1.54) is 13.2 Å². The van der Waals surface area contributed by atoms with Crippen LogP contribution in [0.15, 0.2) is 24.4 Å². The zero-order chi connectivity index (χ0) is 18.8. The first kappa shape index (κ1) is 17.9. The molecule has 0 aliphatic carbocycles. The average Bonchev–Trinajstić information content (AvgIpc) is 3.22. The molecular weight excluding hydrogens is 347 g/mol. The first-order valence-electron chi connectivity index (χ1n) is 9.32. The molecule has 27 heavy (non-hydrogen) atoms. The van der Waals surface area contributed by atoms with Crippen molar-refractivity contribution in [3.63, 3.8) is 0 Å². The molecule has 1 saturated heterocycles. The van der Waals surface area contributed by atoms with Crippen LogP contribution in [0.5, 0.6) is 5.75 Å². The molecule has 1 amide bonds. The second-order valence-corrected chi connectivity index (χ2v) is 7.06. The van der Waals surface area contributed by atoms with Crippen molar-refractivity contribution >= 4 is 5.91 Å². The number of hydrogen-bond acceptors (Lipinski definition) is 5. The van der Waals surface area contributed by atoms with Gasteiger partial charge in [0.05, 0.1) is 25.3 Å². The molecule has 0 unspecified atom stereocenters. The molecule has 1 atom stereocenters. The van der Waals surface area contributed by atoms with Gasteiger partial charge in [0, 0.05) is 31.3 Å². The van der Waals surface area contributed by atoms with Crippen molar-refractivity contribution in [1.29, 1.82) is 0 Å². The van der Waals surface area contributed by atoms with E-state index in [2.05, 4.69) is 10.3 Å². The second-order valence-electron chi connectivity index (χ2n) is 7.06. The van der Waals surface area contributed by atoms with Gasteiger partial charge in [0.2, 0.25) is 5.91 Å². The van der Waals surface area contributed by atoms with Gasteiger partial charge in [0.25, 0.3) is 0 Å². The van der Waals surface area contributed by atoms with Gasteiger partial charge in [-0.3, -0.25) is 4.79 Å². The predicted octanol–water partition coefficient (Wildman–Crippen LogP) is 2.18. The van der Waals surface area contributed by atoms with Crippen LogP contribution in [-0.2, 0) is 24.2 Å². The molecule has 0 spiro atoms. The van der Waals surface area contributed by atoms with Crippen molar-refractivity contribution in [1.82, 2.24) is 20.2 Å². The van der Waals surface area contributed by atoms with Gasteiger partial charge < -0.3 is 15.0 Å². The fraction of sp³-hybridized carbons (Fsp3) is 0.450. The number of halogens is 1. The summed E-state index contributed by atoms with van der Waals surface area (Å²) in [6.07, 6.45) is 4.97. The molecule has 6 nitrogen and oxygen atoms in total. The van der Waals surface area contributed by atoms with Crippen molar-refractivity contribution in [3.8, 4) is 5.75 Å². The molecule has 0 radical (unpaired) electrons. The highest BCUT2D eigenvalue weighted by Crippen LogP contribution is 2.24. The lowest BCUT2D eigenvalue weighted by molar-refractivity contribution is -0.131. The summed E-state index contributed by atoms with van der Waals surface area (Å²) >= 11 is 0. The molecule has 1 N–H and O–H groups in total. The minimum Gasteiger partial charge on any atom is -0.494 e. The van der Waals surface area contributed by atoms with Crippen molar-refractivity contribution in [2.24, 2.45) is 0 Å². The van der Waals surface area contributed by atoms with Crippen LogP contribution in [0, 0.1) is 5.82 Å². The third-order valence-electron chi connectivity index (χ3n) is 5.25. The summed E-state index contributed by atoms with van der Waals surface area (Å²) < 4.78 is 18.8. The third-order valence-corrected chi connectivity index (χ3v) is 5.25. The van der Waals surface area contributed by atoms with Crippen molar-refractivity contribution in [2.45, 2.75) is 38.3 Å². The first-order chi connectivity index (χ1) is 13.1. The van der Waals surface area contributed by atoms with Gasteiger partial charge in [-0.1, -0.05) is 6.07 Å². The Morgan fingerprint density at radius 2 is 2.33 bits per heavy atom. The van der Waals surface area contributed by atoms with Crippen molar-refractivity contribution < 1.29 is 13.9 Å². The number of fused-ring (bicyclic) bond motifs is 1. The van der Waals surface area contributed by atoms with Crippen molar-refractivity contribution in [3.05, 3.63) is 52.9 Å². The lowest BCUT2D eigenvalue weighted by Crippen LogP contribution is -2.37. The molecule has 1 fully saturated rings. The quantitative estimate of drug-likeness (QED) is 0.894. The average molecular weight is 370 g/mol. The highest BCUT2D eigenvalue weighted by atomic mass is 19.1. The zero-order valence-corrected chi connectivity index (χ0v) is 15.4. The Kier molecular flexibility index (Phi) is 5.03. The van der Waals surface area contributed by atoms with Gasteiger partial charge in [0.1, 0.15) is 5.82 Å². The number of aromatic nitrogens is 2. The number of carbonyl (C=O) groups excluding carboxylic acids is 1. The Bertz CT molecular complexity index is 852. The maximum atomic E-state index is 13.8. The Labute approximate surface area is 157 Å². The smallest absolute Gasteiger partial charge is 0.227 e. The molecule has 2 aliphatic rings. The van der Waals surface area contributed by atoms with E-state index in [9.17, 15) is 9.18 Å². The molecule has 2 aromatic rings. The third kappa shape index (κ3) is 3.78. The summed E-state index contributed by atoms with van der Waals surface area (Å²) in [4.78, 5) is 23.7. The number of hydrogen-bond donors (Lipinski definition) is 1. The monoisotopic (exact) mass is 370 g/mol. The van der Waals surface area contributed by atoms with E-state index in [0.29, 0.717) is 18.7 Å². The zero-order valence-electron chi connectivity index (χ0n) is 15.4. The Morgan fingerprint density at radius 1 is 1.44 bits per heavy atom. The fourth-order valence-corrected chi connectivity index (χ4v) is 3.72. The molecule has 7 heteroatoms. The van der Waals surface area contributed by atoms with Crippen LogP contribution in [0.2, 0.25) is 0 Å². The van der Waals surface area contributed by atoms with Gasteiger partial charge >= 0.3 is 0 Å². The lowest BCUT2D eigenvalue weighted by Gasteiger charge is -2.28. The highest BCUT2D eigenvalue weighted by molar-refractivity contribution is 5.79. The number of ether oxygens (including phenoxy) is 1. The topological polar surface area (TPSA) is 67.3 Å². The number of nitrogens with zero attached hydrogens (tertiary/aromatic N) is 3. The maximum absolute atomic E-state index is 13.8. The fourth-order valence-electron chi connectivity index (χ4n) is 3.72. The van der Waals surface area contributed by atoms with Crippen LogP contribution in [-0.4, -0.2) is 41.0 Å². The van der Waals surface area contributed by atoms with Crippen LogP contribution >= 0.6 is 0 Å². The van der Waals surface area contributed by atoms with E-state index >= 15 is 0 Å². The number of benzene rings is 1. The van der Waals surface area contributed by atoms with Crippen LogP contribution in [0.3, 0.4) is 0 Å². The van der Waals surface area contributed by atoms with Gasteiger partial charge in [-0.25, -0.2) is 14.4 Å². The molecule has 1 aromatic carbocycles. The van der Waals surface area contributed by atoms with E-state index in [4.69, 9.17) is 9.72 Å². The minimum atomic E-state index is -0.451. The Hall–Kier alpha value is -2.54. The van der Waals surface area contributed by atoms with E-state index in [-0.39, 0.29) is 24.1 Å². The molecule has 3 heterocycles. The summed E-state index contributed by atoms with van der Waals surface area (Å²) in [7, 11) is 1.42. The standard InChI is InChI=1S/C20H23FN4O2/c1-27-18-5-4-13(9-15(18)21)10-19(26)25-8-6-16-14(12-25)11-23-20(24-16)17-3-2-7-22-17/h4-5,9,11,17,22H,2-3,6-8,10,12H2,1H3/t17-/m0/s1. The molecule has 0 bridgehead atoms. The van der Waals surface area contributed by atoms with Crippen molar-refractivity contribution in [2.75, 3.05) is 20.2 Å². The van der Waals surface area contributed by atoms with Gasteiger partial charge in [0.15, 0.2) is 11.6 Å². The van der Waals surface area contributed by atoms with E-state index in [1.54, 1.807) is 17.0 Å². The van der Waals surface area contributed by atoms with Crippen LogP contribution in [0.25, 0.3) is 0 Å². The summed E-state index contributed by atoms with van der Waals surface area (Å²) in [6.45, 7) is 2.14. The highest BCUT2D eigenvalue weighted by Gasteiger charge is 2.25. The first-order valence-corrected chi connectivity index (χ1v) is 9.32. The van der Waals surface area contributed by atoms with E-state index in [0.717, 1.165) is 42.9 Å². The SMILES string of the molecule is COc1ccc(CC(=O)N2CCc3nc([C@@H]4CCCN4)ncc3C2)cc1F. The molecular formula is C20H23FN4O2. The van der Waals surface area contributed by atoms with E-state index < -0.39 is 5.82 Å². The van der Waals surface area contributed by atoms with Crippen LogP contribution in [0.4, 0.5) is 4.39 Å². The molecule has 142 valence electrons. The molecule has 0 saturated carbocycles. The maximum Gasteiger partial charge on any atom is 0.227 e. The summed E-state index contributed by atoms with van der Waals surface area (Å²) in [5, 5.41) is 3.42. The summed E-state index contributed by atoms with van der Waals surface area (Å²) in [6, 6.07) is 4.89. The van der Waals surface area contributed by atoms with Crippen LogP contribution in [0.1, 0.15) is 41.5 Å². The number of methoxy groups -OCH3 is 1. The second kappa shape index (κ2) is 7.60. The Morgan fingerprint density at radius 3 is 3.07 bits per heavy atom. The minimum absolute atomic E-state index is 0.0215.